The van der Waals surface area contributed by atoms with Crippen molar-refractivity contribution in [2.45, 2.75) is 26.7 Å². The van der Waals surface area contributed by atoms with Crippen molar-refractivity contribution in [3.63, 3.8) is 0 Å². The number of nitrogens with zero attached hydrogens (tertiary/aromatic N) is 5. The topological polar surface area (TPSA) is 49.8 Å². The molecule has 4 heterocycles. The molecule has 0 radical (unpaired) electrons. The van der Waals surface area contributed by atoms with Gasteiger partial charge in [-0.2, -0.15) is 17.2 Å². The molecule has 0 bridgehead atoms. The standard InChI is InChI=1S/C42H31N5O.Pt/c1-3-28-11-7-16-36-37-17-8-12-29(4-2)42(37)46(41(28)36)31-21-23-43-40(26-31)47-38-18-6-5-15-34(38)35-20-19-33(27-39(35)47)48-32-14-9-13-30(25-32)45-24-10-22-44-45;/h5-24,26H,3-4H2,1-2H3;/q-2;+2. The van der Waals surface area contributed by atoms with E-state index < -0.39 is 0 Å². The maximum Gasteiger partial charge on any atom is 2.00 e. The second kappa shape index (κ2) is 12.5. The number of aryl methyl sites for hydroxylation is 2. The van der Waals surface area contributed by atoms with Crippen LogP contribution in [0, 0.1) is 12.1 Å². The van der Waals surface area contributed by atoms with Crippen molar-refractivity contribution in [3.05, 3.63) is 151 Å². The monoisotopic (exact) mass is 816 g/mol. The summed E-state index contributed by atoms with van der Waals surface area (Å²) in [6.07, 6.45) is 7.44. The van der Waals surface area contributed by atoms with E-state index in [1.54, 1.807) is 10.9 Å². The average Bonchev–Trinajstić information content (AvgIpc) is 3.87. The van der Waals surface area contributed by atoms with E-state index in [-0.39, 0.29) is 21.1 Å². The van der Waals surface area contributed by atoms with Gasteiger partial charge in [0.25, 0.3) is 0 Å². The van der Waals surface area contributed by atoms with E-state index >= 15 is 0 Å². The van der Waals surface area contributed by atoms with E-state index in [0.717, 1.165) is 51.8 Å². The van der Waals surface area contributed by atoms with Crippen molar-refractivity contribution in [3.8, 4) is 28.7 Å². The fraction of sp³-hybridized carbons (Fsp3) is 0.0952. The van der Waals surface area contributed by atoms with E-state index in [4.69, 9.17) is 9.72 Å². The molecule has 5 aromatic carbocycles. The van der Waals surface area contributed by atoms with Crippen molar-refractivity contribution >= 4 is 43.6 Å². The van der Waals surface area contributed by atoms with Crippen LogP contribution in [0.1, 0.15) is 25.0 Å². The van der Waals surface area contributed by atoms with Gasteiger partial charge in [-0.25, -0.2) is 4.98 Å². The molecule has 7 heteroatoms. The minimum absolute atomic E-state index is 0. The molecule has 0 amide bonds. The van der Waals surface area contributed by atoms with Crippen LogP contribution in [0.3, 0.4) is 0 Å². The first kappa shape index (κ1) is 30.9. The maximum atomic E-state index is 6.35. The molecule has 0 N–H and O–H groups in total. The summed E-state index contributed by atoms with van der Waals surface area (Å²) in [6.45, 7) is 4.46. The molecule has 6 nitrogen and oxygen atoms in total. The minimum atomic E-state index is 0. The van der Waals surface area contributed by atoms with Gasteiger partial charge in [0.15, 0.2) is 0 Å². The van der Waals surface area contributed by atoms with Crippen molar-refractivity contribution in [1.82, 2.24) is 23.9 Å². The van der Waals surface area contributed by atoms with Gasteiger partial charge in [0.1, 0.15) is 5.82 Å². The molecule has 49 heavy (non-hydrogen) atoms. The molecule has 9 rings (SSSR count). The Bertz CT molecular complexity index is 2570. The number of hydrogen-bond acceptors (Lipinski definition) is 3. The fourth-order valence-electron chi connectivity index (χ4n) is 7.09. The molecule has 0 aliphatic heterocycles. The maximum absolute atomic E-state index is 6.35. The zero-order valence-corrected chi connectivity index (χ0v) is 29.3. The summed E-state index contributed by atoms with van der Waals surface area (Å²) in [5, 5.41) is 9.10. The summed E-state index contributed by atoms with van der Waals surface area (Å²) in [4.78, 5) is 4.96. The van der Waals surface area contributed by atoms with Gasteiger partial charge in [-0.1, -0.05) is 74.0 Å². The van der Waals surface area contributed by atoms with Crippen LogP contribution in [-0.2, 0) is 33.9 Å². The number of aromatic nitrogens is 5. The van der Waals surface area contributed by atoms with Gasteiger partial charge in [0.2, 0.25) is 0 Å². The van der Waals surface area contributed by atoms with E-state index in [1.807, 2.05) is 42.7 Å². The fourth-order valence-corrected chi connectivity index (χ4v) is 7.09. The zero-order chi connectivity index (χ0) is 32.2. The number of benzene rings is 5. The van der Waals surface area contributed by atoms with E-state index in [0.29, 0.717) is 11.5 Å². The number of fused-ring (bicyclic) bond motifs is 6. The number of pyridine rings is 1. The first-order valence-corrected chi connectivity index (χ1v) is 16.4. The summed E-state index contributed by atoms with van der Waals surface area (Å²) in [7, 11) is 0. The normalized spacial score (nSPS) is 11.5. The molecular weight excluding hydrogens is 786 g/mol. The Morgan fingerprint density at radius 2 is 1.35 bits per heavy atom. The molecule has 0 fully saturated rings. The van der Waals surface area contributed by atoms with Crippen LogP contribution in [-0.4, -0.2) is 23.9 Å². The number of hydrogen-bond donors (Lipinski definition) is 0. The molecule has 0 saturated heterocycles. The average molecular weight is 817 g/mol. The first-order valence-electron chi connectivity index (χ1n) is 16.4. The summed E-state index contributed by atoms with van der Waals surface area (Å²) >= 11 is 0. The van der Waals surface area contributed by atoms with Crippen LogP contribution in [0.15, 0.2) is 128 Å². The third-order valence-corrected chi connectivity index (χ3v) is 9.24. The van der Waals surface area contributed by atoms with E-state index in [9.17, 15) is 0 Å². The Balaban J connectivity index is 0.00000348. The molecular formula is C42H31N5OPt. The Labute approximate surface area is 298 Å². The van der Waals surface area contributed by atoms with Gasteiger partial charge < -0.3 is 13.9 Å². The van der Waals surface area contributed by atoms with Crippen molar-refractivity contribution in [2.75, 3.05) is 0 Å². The molecule has 0 unspecified atom stereocenters. The third-order valence-electron chi connectivity index (χ3n) is 9.24. The predicted molar refractivity (Wildman–Crippen MR) is 193 cm³/mol. The molecule has 9 aromatic rings. The third kappa shape index (κ3) is 5.06. The summed E-state index contributed by atoms with van der Waals surface area (Å²) < 4.78 is 12.8. The van der Waals surface area contributed by atoms with Crippen LogP contribution in [0.4, 0.5) is 0 Å². The van der Waals surface area contributed by atoms with Crippen LogP contribution in [0.2, 0.25) is 0 Å². The van der Waals surface area contributed by atoms with Crippen molar-refractivity contribution < 1.29 is 25.8 Å². The Kier molecular flexibility index (Phi) is 7.89. The van der Waals surface area contributed by atoms with Crippen LogP contribution in [0.25, 0.3) is 60.8 Å². The van der Waals surface area contributed by atoms with Crippen LogP contribution >= 0.6 is 0 Å². The Hall–Kier alpha value is -5.45. The van der Waals surface area contributed by atoms with Gasteiger partial charge in [-0.3, -0.25) is 4.68 Å². The Morgan fingerprint density at radius 3 is 2.08 bits per heavy atom. The van der Waals surface area contributed by atoms with Gasteiger partial charge in [0.05, 0.1) is 16.7 Å². The SMILES string of the molecule is CCc1cccc2c3cccc(CC)c3n(-c3ccnc(-n4c5[c-]c(Oc6[c-]c(-n7cccn7)ccc6)ccc5c5ccccc54)c3)c12.[Pt+2]. The second-order valence-corrected chi connectivity index (χ2v) is 11.9. The predicted octanol–water partition coefficient (Wildman–Crippen LogP) is 9.98. The molecule has 0 aliphatic carbocycles. The molecule has 240 valence electrons. The van der Waals surface area contributed by atoms with E-state index in [1.165, 1.54) is 32.9 Å². The number of para-hydroxylation sites is 3. The summed E-state index contributed by atoms with van der Waals surface area (Å²) in [6, 6.07) is 44.8. The molecule has 0 atom stereocenters. The largest absolute Gasteiger partial charge is 2.00 e. The molecule has 0 saturated carbocycles. The van der Waals surface area contributed by atoms with Gasteiger partial charge in [0, 0.05) is 52.4 Å². The van der Waals surface area contributed by atoms with Crippen LogP contribution in [0.5, 0.6) is 11.5 Å². The van der Waals surface area contributed by atoms with Crippen molar-refractivity contribution in [1.29, 1.82) is 0 Å². The van der Waals surface area contributed by atoms with Gasteiger partial charge >= 0.3 is 21.1 Å². The van der Waals surface area contributed by atoms with Gasteiger partial charge in [-0.15, -0.1) is 35.7 Å². The summed E-state index contributed by atoms with van der Waals surface area (Å²) in [5.74, 6) is 2.00. The minimum Gasteiger partial charge on any atom is -0.509 e. The van der Waals surface area contributed by atoms with Crippen LogP contribution < -0.4 is 4.74 Å². The quantitative estimate of drug-likeness (QED) is 0.151. The zero-order valence-electron chi connectivity index (χ0n) is 27.0. The molecule has 0 spiro atoms. The smallest absolute Gasteiger partial charge is 0.509 e. The summed E-state index contributed by atoms with van der Waals surface area (Å²) in [5.41, 5.74) is 8.99. The van der Waals surface area contributed by atoms with E-state index in [2.05, 4.69) is 119 Å². The first-order chi connectivity index (χ1) is 23.7. The molecule has 4 aromatic heterocycles. The number of ether oxygens (including phenoxy) is 1. The molecule has 0 aliphatic rings. The van der Waals surface area contributed by atoms with Crippen molar-refractivity contribution in [2.24, 2.45) is 0 Å². The Morgan fingerprint density at radius 1 is 0.633 bits per heavy atom. The number of rotatable bonds is 7. The van der Waals surface area contributed by atoms with Gasteiger partial charge in [-0.05, 0) is 53.2 Å². The second-order valence-electron chi connectivity index (χ2n) is 11.9.